The molecule has 1 aromatic rings. The molecule has 19 heavy (non-hydrogen) atoms. The second kappa shape index (κ2) is 6.54. The molecule has 0 bridgehead atoms. The van der Waals surface area contributed by atoms with Crippen LogP contribution in [0.4, 0.5) is 11.9 Å². The van der Waals surface area contributed by atoms with E-state index in [0.717, 1.165) is 18.9 Å². The summed E-state index contributed by atoms with van der Waals surface area (Å²) in [5.74, 6) is 1.28. The number of methoxy groups -OCH3 is 1. The van der Waals surface area contributed by atoms with Crippen molar-refractivity contribution in [2.24, 2.45) is 0 Å². The van der Waals surface area contributed by atoms with Gasteiger partial charge in [0, 0.05) is 19.6 Å². The smallest absolute Gasteiger partial charge is 0.322 e. The number of aromatic nitrogens is 3. The molecule has 0 amide bonds. The van der Waals surface area contributed by atoms with Crippen molar-refractivity contribution in [1.29, 1.82) is 0 Å². The molecule has 2 rings (SSSR count). The van der Waals surface area contributed by atoms with Crippen molar-refractivity contribution in [3.05, 3.63) is 0 Å². The lowest BCUT2D eigenvalue weighted by atomic mass is 10.1. The van der Waals surface area contributed by atoms with Crippen LogP contribution in [0.5, 0.6) is 6.01 Å². The Kier molecular flexibility index (Phi) is 4.76. The third kappa shape index (κ3) is 3.24. The molecule has 0 aromatic carbocycles. The Balaban J connectivity index is 2.31. The average Bonchev–Trinajstić information content (AvgIpc) is 2.71. The van der Waals surface area contributed by atoms with Gasteiger partial charge in [-0.2, -0.15) is 15.0 Å². The van der Waals surface area contributed by atoms with Crippen molar-refractivity contribution in [1.82, 2.24) is 15.0 Å². The molecule has 1 unspecified atom stereocenters. The van der Waals surface area contributed by atoms with Gasteiger partial charge in [-0.25, -0.2) is 0 Å². The van der Waals surface area contributed by atoms with Gasteiger partial charge in [-0.3, -0.25) is 0 Å². The fourth-order valence-electron chi connectivity index (χ4n) is 2.54. The number of nitrogens with one attached hydrogen (secondary N) is 1. The number of nitrogens with zero attached hydrogens (tertiary/aromatic N) is 4. The molecule has 1 atom stereocenters. The van der Waals surface area contributed by atoms with E-state index in [1.165, 1.54) is 25.7 Å². The Hall–Kier alpha value is -1.59. The summed E-state index contributed by atoms with van der Waals surface area (Å²) in [5, 5.41) is 2.96. The molecule has 1 fully saturated rings. The van der Waals surface area contributed by atoms with Gasteiger partial charge in [0.05, 0.1) is 7.11 Å². The highest BCUT2D eigenvalue weighted by Gasteiger charge is 2.23. The van der Waals surface area contributed by atoms with Gasteiger partial charge in [0.2, 0.25) is 11.9 Å². The van der Waals surface area contributed by atoms with Gasteiger partial charge in [-0.15, -0.1) is 0 Å². The maximum atomic E-state index is 5.16. The first-order valence-electron chi connectivity index (χ1n) is 7.03. The van der Waals surface area contributed by atoms with Crippen molar-refractivity contribution in [2.45, 2.75) is 45.1 Å². The van der Waals surface area contributed by atoms with Crippen molar-refractivity contribution in [3.8, 4) is 6.01 Å². The van der Waals surface area contributed by atoms with Gasteiger partial charge >= 0.3 is 6.01 Å². The molecule has 1 aliphatic rings. The van der Waals surface area contributed by atoms with Gasteiger partial charge in [-0.1, -0.05) is 19.8 Å². The summed E-state index contributed by atoms with van der Waals surface area (Å²) in [4.78, 5) is 15.3. The molecule has 1 N–H and O–H groups in total. The first-order valence-corrected chi connectivity index (χ1v) is 7.03. The van der Waals surface area contributed by atoms with Crippen LogP contribution in [0.1, 0.15) is 39.0 Å². The monoisotopic (exact) mass is 265 g/mol. The lowest BCUT2D eigenvalue weighted by Crippen LogP contribution is -2.36. The summed E-state index contributed by atoms with van der Waals surface area (Å²) in [5.41, 5.74) is 0. The van der Waals surface area contributed by atoms with E-state index in [4.69, 9.17) is 4.74 Å². The van der Waals surface area contributed by atoms with E-state index in [2.05, 4.69) is 32.1 Å². The molecule has 0 spiro atoms. The molecule has 2 heterocycles. The van der Waals surface area contributed by atoms with Crippen LogP contribution in [-0.2, 0) is 0 Å². The van der Waals surface area contributed by atoms with Gasteiger partial charge < -0.3 is 15.0 Å². The number of hydrogen-bond donors (Lipinski definition) is 1. The van der Waals surface area contributed by atoms with Crippen LogP contribution < -0.4 is 15.0 Å². The Morgan fingerprint density at radius 3 is 2.79 bits per heavy atom. The third-order valence-corrected chi connectivity index (χ3v) is 3.61. The van der Waals surface area contributed by atoms with E-state index in [1.54, 1.807) is 14.2 Å². The fraction of sp³-hybridized carbons (Fsp3) is 0.769. The van der Waals surface area contributed by atoms with Crippen LogP contribution >= 0.6 is 0 Å². The Morgan fingerprint density at radius 1 is 1.26 bits per heavy atom. The van der Waals surface area contributed by atoms with Gasteiger partial charge in [0.1, 0.15) is 0 Å². The first kappa shape index (κ1) is 13.8. The zero-order chi connectivity index (χ0) is 13.7. The SMILES string of the molecule is CCC1CCCCCN1c1nc(NC)nc(OC)n1. The first-order chi connectivity index (χ1) is 9.28. The molecular formula is C13H23N5O. The summed E-state index contributed by atoms with van der Waals surface area (Å²) in [6.45, 7) is 3.23. The molecule has 1 aromatic heterocycles. The lowest BCUT2D eigenvalue weighted by Gasteiger charge is -2.29. The van der Waals surface area contributed by atoms with Crippen LogP contribution in [0.2, 0.25) is 0 Å². The van der Waals surface area contributed by atoms with Crippen LogP contribution in [0.3, 0.4) is 0 Å². The Labute approximate surface area is 114 Å². The van der Waals surface area contributed by atoms with E-state index in [1.807, 2.05) is 0 Å². The van der Waals surface area contributed by atoms with Gasteiger partial charge in [0.25, 0.3) is 0 Å². The molecule has 6 heteroatoms. The minimum absolute atomic E-state index is 0.369. The van der Waals surface area contributed by atoms with E-state index < -0.39 is 0 Å². The van der Waals surface area contributed by atoms with Crippen molar-refractivity contribution in [3.63, 3.8) is 0 Å². The predicted octanol–water partition coefficient (Wildman–Crippen LogP) is 2.08. The van der Waals surface area contributed by atoms with Gasteiger partial charge in [-0.05, 0) is 19.3 Å². The second-order valence-corrected chi connectivity index (χ2v) is 4.80. The van der Waals surface area contributed by atoms with Gasteiger partial charge in [0.15, 0.2) is 0 Å². The maximum Gasteiger partial charge on any atom is 0.322 e. The van der Waals surface area contributed by atoms with E-state index in [-0.39, 0.29) is 0 Å². The van der Waals surface area contributed by atoms with Crippen LogP contribution in [-0.4, -0.2) is 41.7 Å². The molecule has 0 radical (unpaired) electrons. The fourth-order valence-corrected chi connectivity index (χ4v) is 2.54. The van der Waals surface area contributed by atoms with Crippen molar-refractivity contribution in [2.75, 3.05) is 30.9 Å². The highest BCUT2D eigenvalue weighted by atomic mass is 16.5. The zero-order valence-electron chi connectivity index (χ0n) is 12.0. The maximum absolute atomic E-state index is 5.16. The summed E-state index contributed by atoms with van der Waals surface area (Å²) in [6.07, 6.45) is 6.09. The topological polar surface area (TPSA) is 63.2 Å². The number of rotatable bonds is 4. The standard InChI is InChI=1S/C13H23N5O/c1-4-10-8-6-5-7-9-18(10)12-15-11(14-2)16-13(17-12)19-3/h10H,4-9H2,1-3H3,(H,14,15,16,17). The van der Waals surface area contributed by atoms with E-state index in [0.29, 0.717) is 18.0 Å². The van der Waals surface area contributed by atoms with Crippen LogP contribution in [0, 0.1) is 0 Å². The molecule has 0 aliphatic carbocycles. The highest BCUT2D eigenvalue weighted by molar-refractivity contribution is 5.39. The second-order valence-electron chi connectivity index (χ2n) is 4.80. The highest BCUT2D eigenvalue weighted by Crippen LogP contribution is 2.24. The molecule has 0 saturated carbocycles. The quantitative estimate of drug-likeness (QED) is 0.899. The predicted molar refractivity (Wildman–Crippen MR) is 75.8 cm³/mol. The average molecular weight is 265 g/mol. The van der Waals surface area contributed by atoms with Crippen LogP contribution in [0.25, 0.3) is 0 Å². The Bertz CT molecular complexity index is 390. The summed E-state index contributed by atoms with van der Waals surface area (Å²) >= 11 is 0. The summed E-state index contributed by atoms with van der Waals surface area (Å²) in [6, 6.07) is 0.882. The van der Waals surface area contributed by atoms with E-state index >= 15 is 0 Å². The number of anilines is 2. The molecule has 106 valence electrons. The van der Waals surface area contributed by atoms with Crippen molar-refractivity contribution >= 4 is 11.9 Å². The number of ether oxygens (including phenoxy) is 1. The normalized spacial score (nSPS) is 19.9. The molecular weight excluding hydrogens is 242 g/mol. The van der Waals surface area contributed by atoms with Crippen LogP contribution in [0.15, 0.2) is 0 Å². The minimum atomic E-state index is 0.369. The van der Waals surface area contributed by atoms with Crippen molar-refractivity contribution < 1.29 is 4.74 Å². The molecule has 1 aliphatic heterocycles. The third-order valence-electron chi connectivity index (χ3n) is 3.61. The molecule has 6 nitrogen and oxygen atoms in total. The zero-order valence-corrected chi connectivity index (χ0v) is 12.0. The largest absolute Gasteiger partial charge is 0.467 e. The summed E-state index contributed by atoms with van der Waals surface area (Å²) in [7, 11) is 3.39. The molecule has 1 saturated heterocycles. The Morgan fingerprint density at radius 2 is 2.11 bits per heavy atom. The minimum Gasteiger partial charge on any atom is -0.467 e. The number of hydrogen-bond acceptors (Lipinski definition) is 6. The summed E-state index contributed by atoms with van der Waals surface area (Å²) < 4.78 is 5.16. The van der Waals surface area contributed by atoms with E-state index in [9.17, 15) is 0 Å². The lowest BCUT2D eigenvalue weighted by molar-refractivity contribution is 0.378.